The maximum Gasteiger partial charge on any atom is 0.470 e. The zero-order valence-electron chi connectivity index (χ0n) is 13.4. The van der Waals surface area contributed by atoms with E-state index in [-0.39, 0.29) is 6.54 Å². The lowest BCUT2D eigenvalue weighted by molar-refractivity contribution is -0.203. The maximum absolute atomic E-state index is 12.9. The standard InChI is InChI=1S/C14H17F3N3O4P/c1-9(2)11-5-3-10(4-6-11)7-20-8-12(18-19-20)13(14(15,16)17)24-25(21,22)23/h3-6,8-9,13H,7H2,1-2H3,(H2,21,22,23). The van der Waals surface area contributed by atoms with Crippen LogP contribution in [0.1, 0.15) is 42.7 Å². The van der Waals surface area contributed by atoms with E-state index in [1.807, 2.05) is 38.1 Å². The monoisotopic (exact) mass is 379 g/mol. The number of rotatable bonds is 6. The fourth-order valence-corrected chi connectivity index (χ4v) is 2.63. The van der Waals surface area contributed by atoms with Gasteiger partial charge in [-0.25, -0.2) is 9.25 Å². The molecule has 0 spiro atoms. The van der Waals surface area contributed by atoms with Gasteiger partial charge in [-0.1, -0.05) is 43.3 Å². The molecule has 0 aliphatic heterocycles. The number of hydrogen-bond donors (Lipinski definition) is 2. The molecular formula is C14H17F3N3O4P. The highest BCUT2D eigenvalue weighted by Gasteiger charge is 2.47. The molecule has 0 bridgehead atoms. The molecule has 138 valence electrons. The topological polar surface area (TPSA) is 97.5 Å². The Labute approximate surface area is 141 Å². The molecule has 1 aromatic heterocycles. The van der Waals surface area contributed by atoms with Gasteiger partial charge in [0.25, 0.3) is 0 Å². The highest BCUT2D eigenvalue weighted by Crippen LogP contribution is 2.47. The van der Waals surface area contributed by atoms with Gasteiger partial charge in [0.05, 0.1) is 12.7 Å². The lowest BCUT2D eigenvalue weighted by Crippen LogP contribution is -2.23. The molecule has 11 heteroatoms. The third-order valence-corrected chi connectivity index (χ3v) is 3.84. The molecular weight excluding hydrogens is 362 g/mol. The summed E-state index contributed by atoms with van der Waals surface area (Å²) >= 11 is 0. The highest BCUT2D eigenvalue weighted by atomic mass is 31.2. The number of nitrogens with zero attached hydrogens (tertiary/aromatic N) is 3. The number of phosphoric ester groups is 1. The first-order valence-electron chi connectivity index (χ1n) is 7.25. The first kappa shape index (κ1) is 19.6. The summed E-state index contributed by atoms with van der Waals surface area (Å²) in [5.41, 5.74) is 1.19. The van der Waals surface area contributed by atoms with Crippen LogP contribution < -0.4 is 0 Å². The van der Waals surface area contributed by atoms with Crippen molar-refractivity contribution in [2.45, 2.75) is 38.6 Å². The van der Waals surface area contributed by atoms with Crippen molar-refractivity contribution >= 4 is 7.82 Å². The van der Waals surface area contributed by atoms with Crippen molar-refractivity contribution in [3.05, 3.63) is 47.3 Å². The van der Waals surface area contributed by atoms with Gasteiger partial charge in [0.15, 0.2) is 0 Å². The summed E-state index contributed by atoms with van der Waals surface area (Å²) < 4.78 is 54.6. The lowest BCUT2D eigenvalue weighted by Gasteiger charge is -2.18. The molecule has 0 amide bonds. The van der Waals surface area contributed by atoms with Crippen molar-refractivity contribution in [3.8, 4) is 0 Å². The minimum atomic E-state index is -5.35. The van der Waals surface area contributed by atoms with E-state index in [0.29, 0.717) is 5.92 Å². The summed E-state index contributed by atoms with van der Waals surface area (Å²) in [5, 5.41) is 6.90. The van der Waals surface area contributed by atoms with Crippen LogP contribution in [0.25, 0.3) is 0 Å². The smallest absolute Gasteiger partial charge is 0.303 e. The average Bonchev–Trinajstić information content (AvgIpc) is 2.91. The van der Waals surface area contributed by atoms with Crippen LogP contribution in [0.5, 0.6) is 0 Å². The van der Waals surface area contributed by atoms with Crippen LogP contribution in [0.4, 0.5) is 13.2 Å². The molecule has 1 atom stereocenters. The summed E-state index contributed by atoms with van der Waals surface area (Å²) in [6.07, 6.45) is -6.95. The molecule has 0 aliphatic carbocycles. The van der Waals surface area contributed by atoms with Crippen LogP contribution in [-0.2, 0) is 15.6 Å². The van der Waals surface area contributed by atoms with Crippen LogP contribution in [0, 0.1) is 0 Å². The van der Waals surface area contributed by atoms with E-state index in [2.05, 4.69) is 14.8 Å². The predicted octanol–water partition coefficient (Wildman–Crippen LogP) is 3.16. The minimum Gasteiger partial charge on any atom is -0.303 e. The number of halogens is 3. The Kier molecular flexibility index (Phi) is 5.68. The first-order chi connectivity index (χ1) is 11.5. The lowest BCUT2D eigenvalue weighted by atomic mass is 10.0. The molecule has 0 aliphatic rings. The molecule has 0 fully saturated rings. The van der Waals surface area contributed by atoms with Crippen molar-refractivity contribution in [2.24, 2.45) is 0 Å². The van der Waals surface area contributed by atoms with E-state index < -0.39 is 25.8 Å². The van der Waals surface area contributed by atoms with E-state index in [1.165, 1.54) is 0 Å². The molecule has 25 heavy (non-hydrogen) atoms. The summed E-state index contributed by atoms with van der Waals surface area (Å²) in [7, 11) is -5.35. The number of hydrogen-bond acceptors (Lipinski definition) is 4. The predicted molar refractivity (Wildman–Crippen MR) is 81.6 cm³/mol. The number of aromatic nitrogens is 3. The van der Waals surface area contributed by atoms with Crippen molar-refractivity contribution in [1.82, 2.24) is 15.0 Å². The number of phosphoric acid groups is 1. The average molecular weight is 379 g/mol. The molecule has 2 rings (SSSR count). The fraction of sp³-hybridized carbons (Fsp3) is 0.429. The Morgan fingerprint density at radius 1 is 1.24 bits per heavy atom. The van der Waals surface area contributed by atoms with Crippen molar-refractivity contribution in [3.63, 3.8) is 0 Å². The molecule has 1 aromatic carbocycles. The molecule has 0 saturated heterocycles. The van der Waals surface area contributed by atoms with E-state index >= 15 is 0 Å². The zero-order valence-corrected chi connectivity index (χ0v) is 14.3. The van der Waals surface area contributed by atoms with Gasteiger partial charge in [-0.3, -0.25) is 4.52 Å². The molecule has 1 unspecified atom stereocenters. The van der Waals surface area contributed by atoms with Gasteiger partial charge in [0.1, 0.15) is 5.69 Å². The van der Waals surface area contributed by atoms with Gasteiger partial charge >= 0.3 is 14.0 Å². The van der Waals surface area contributed by atoms with Gasteiger partial charge in [0.2, 0.25) is 6.10 Å². The van der Waals surface area contributed by atoms with Crippen LogP contribution >= 0.6 is 7.82 Å². The van der Waals surface area contributed by atoms with Crippen LogP contribution in [0.3, 0.4) is 0 Å². The fourth-order valence-electron chi connectivity index (χ4n) is 2.12. The van der Waals surface area contributed by atoms with Gasteiger partial charge in [-0.2, -0.15) is 13.2 Å². The maximum atomic E-state index is 12.9. The first-order valence-corrected chi connectivity index (χ1v) is 8.78. The van der Waals surface area contributed by atoms with E-state index in [4.69, 9.17) is 9.79 Å². The molecule has 7 nitrogen and oxygen atoms in total. The summed E-state index contributed by atoms with van der Waals surface area (Å²) in [6.45, 7) is 4.24. The van der Waals surface area contributed by atoms with E-state index in [9.17, 15) is 17.7 Å². The Hall–Kier alpha value is -1.74. The van der Waals surface area contributed by atoms with Crippen molar-refractivity contribution in [1.29, 1.82) is 0 Å². The number of alkyl halides is 3. The Morgan fingerprint density at radius 3 is 2.32 bits per heavy atom. The van der Waals surface area contributed by atoms with Crippen LogP contribution in [0.2, 0.25) is 0 Å². The van der Waals surface area contributed by atoms with Gasteiger partial charge in [0, 0.05) is 0 Å². The second kappa shape index (κ2) is 7.25. The quantitative estimate of drug-likeness (QED) is 0.749. The molecule has 2 N–H and O–H groups in total. The minimum absolute atomic E-state index is 0.159. The highest BCUT2D eigenvalue weighted by molar-refractivity contribution is 7.46. The zero-order chi connectivity index (χ0) is 18.8. The molecule has 0 radical (unpaired) electrons. The van der Waals surface area contributed by atoms with Crippen molar-refractivity contribution in [2.75, 3.05) is 0 Å². The Bertz CT molecular complexity index is 755. The van der Waals surface area contributed by atoms with Gasteiger partial charge in [-0.15, -0.1) is 5.10 Å². The van der Waals surface area contributed by atoms with Gasteiger partial charge < -0.3 is 9.79 Å². The second-order valence-corrected chi connectivity index (χ2v) is 6.95. The Morgan fingerprint density at radius 2 is 1.84 bits per heavy atom. The molecule has 2 aromatic rings. The third-order valence-electron chi connectivity index (χ3n) is 3.36. The summed E-state index contributed by atoms with van der Waals surface area (Å²) in [5.74, 6) is 0.351. The largest absolute Gasteiger partial charge is 0.470 e. The molecule has 1 heterocycles. The van der Waals surface area contributed by atoms with Crippen LogP contribution in [0.15, 0.2) is 30.5 Å². The second-order valence-electron chi connectivity index (χ2n) is 5.75. The summed E-state index contributed by atoms with van der Waals surface area (Å²) in [6, 6.07) is 7.47. The molecule has 0 saturated carbocycles. The third kappa shape index (κ3) is 5.64. The number of benzene rings is 1. The van der Waals surface area contributed by atoms with Crippen molar-refractivity contribution < 1.29 is 32.0 Å². The SMILES string of the molecule is CC(C)c1ccc(Cn2cc(C(OP(=O)(O)O)C(F)(F)F)nn2)cc1. The van der Waals surface area contributed by atoms with E-state index in [0.717, 1.165) is 22.0 Å². The Balaban J connectivity index is 2.18. The normalized spacial score (nSPS) is 14.1. The van der Waals surface area contributed by atoms with E-state index in [1.54, 1.807) is 0 Å². The van der Waals surface area contributed by atoms with Gasteiger partial charge in [-0.05, 0) is 17.0 Å². The summed E-state index contributed by atoms with van der Waals surface area (Å²) in [4.78, 5) is 17.3. The van der Waals surface area contributed by atoms with Crippen LogP contribution in [-0.4, -0.2) is 31.0 Å².